The molecule has 2 aliphatic rings. The van der Waals surface area contributed by atoms with Crippen LogP contribution in [0.2, 0.25) is 0 Å². The monoisotopic (exact) mass is 401 g/mol. The number of aromatic nitrogens is 2. The first-order valence-corrected chi connectivity index (χ1v) is 10.9. The molecule has 2 aliphatic carbocycles. The number of nitrogens with zero attached hydrogens (tertiary/aromatic N) is 2. The Labute approximate surface area is 169 Å². The fourth-order valence-corrected chi connectivity index (χ4v) is 5.44. The van der Waals surface area contributed by atoms with Crippen LogP contribution < -0.4 is 10.1 Å². The number of benzene rings is 1. The number of nitrogens with one attached hydrogen (secondary N) is 1. The topological polar surface area (TPSA) is 77.2 Å². The van der Waals surface area contributed by atoms with E-state index in [1.807, 2.05) is 31.2 Å². The van der Waals surface area contributed by atoms with Gasteiger partial charge < -0.3 is 14.5 Å². The summed E-state index contributed by atoms with van der Waals surface area (Å²) in [6.07, 6.45) is 5.32. The summed E-state index contributed by atoms with van der Waals surface area (Å²) in [7, 11) is 1.61. The molecule has 2 aromatic rings. The van der Waals surface area contributed by atoms with Crippen molar-refractivity contribution in [1.82, 2.24) is 15.5 Å². The van der Waals surface area contributed by atoms with Gasteiger partial charge in [0, 0.05) is 6.04 Å². The minimum absolute atomic E-state index is 0.0253. The fourth-order valence-electron chi connectivity index (χ4n) is 4.75. The molecule has 4 rings (SSSR count). The lowest BCUT2D eigenvalue weighted by Crippen LogP contribution is -2.43. The van der Waals surface area contributed by atoms with E-state index in [0.29, 0.717) is 22.8 Å². The summed E-state index contributed by atoms with van der Waals surface area (Å²) in [5.41, 5.74) is 0.742. The average Bonchev–Trinajstić information content (AvgIpc) is 3.45. The van der Waals surface area contributed by atoms with Gasteiger partial charge >= 0.3 is 0 Å². The molecule has 0 radical (unpaired) electrons. The van der Waals surface area contributed by atoms with Gasteiger partial charge in [-0.3, -0.25) is 4.79 Å². The molecule has 5 unspecified atom stereocenters. The lowest BCUT2D eigenvalue weighted by Gasteiger charge is -2.29. The maximum Gasteiger partial charge on any atom is 0.277 e. The molecular formula is C21H27N3O3S. The Morgan fingerprint density at radius 1 is 1.25 bits per heavy atom. The highest BCUT2D eigenvalue weighted by Gasteiger charge is 2.42. The number of hydrogen-bond acceptors (Lipinski definition) is 6. The smallest absolute Gasteiger partial charge is 0.277 e. The first-order chi connectivity index (χ1) is 13.5. The van der Waals surface area contributed by atoms with Crippen molar-refractivity contribution >= 4 is 17.7 Å². The maximum atomic E-state index is 12.7. The second-order valence-corrected chi connectivity index (χ2v) is 9.26. The molecule has 7 heteroatoms. The number of hydrogen-bond donors (Lipinski definition) is 1. The molecule has 0 spiro atoms. The van der Waals surface area contributed by atoms with Crippen LogP contribution in [-0.4, -0.2) is 34.5 Å². The van der Waals surface area contributed by atoms with Gasteiger partial charge in [0.2, 0.25) is 5.91 Å². The summed E-state index contributed by atoms with van der Waals surface area (Å²) in [6, 6.07) is 7.71. The number of para-hydroxylation sites is 1. The zero-order valence-electron chi connectivity index (χ0n) is 16.6. The maximum absolute atomic E-state index is 12.7. The highest BCUT2D eigenvalue weighted by molar-refractivity contribution is 8.00. The van der Waals surface area contributed by atoms with E-state index in [4.69, 9.17) is 9.15 Å². The Hall–Kier alpha value is -2.02. The summed E-state index contributed by atoms with van der Waals surface area (Å²) in [6.45, 7) is 4.02. The third-order valence-electron chi connectivity index (χ3n) is 6.20. The fraction of sp³-hybridized carbons (Fsp3) is 0.571. The number of ether oxygens (including phenoxy) is 1. The molecular weight excluding hydrogens is 374 g/mol. The predicted molar refractivity (Wildman–Crippen MR) is 108 cm³/mol. The van der Waals surface area contributed by atoms with E-state index in [-0.39, 0.29) is 17.2 Å². The van der Waals surface area contributed by atoms with Crippen LogP contribution in [0.3, 0.4) is 0 Å². The van der Waals surface area contributed by atoms with Crippen molar-refractivity contribution < 1.29 is 13.9 Å². The molecule has 6 nitrogen and oxygen atoms in total. The number of rotatable bonds is 7. The number of thioether (sulfide) groups is 1. The Bertz CT molecular complexity index is 840. The summed E-state index contributed by atoms with van der Waals surface area (Å²) in [5, 5.41) is 11.5. The number of carbonyl (C=O) groups is 1. The standard InChI is InChI=1S/C21H27N3O3S/c1-12(17-11-14-8-9-15(17)10-14)22-19(25)13(2)28-21-24-23-20(27-21)16-6-4-5-7-18(16)26-3/h4-7,12-15,17H,8-11H2,1-3H3,(H,22,25). The van der Waals surface area contributed by atoms with Crippen molar-refractivity contribution in [1.29, 1.82) is 0 Å². The van der Waals surface area contributed by atoms with Gasteiger partial charge in [0.25, 0.3) is 11.1 Å². The summed E-state index contributed by atoms with van der Waals surface area (Å²) >= 11 is 1.29. The zero-order valence-corrected chi connectivity index (χ0v) is 17.4. The predicted octanol–water partition coefficient (Wildman–Crippen LogP) is 4.17. The van der Waals surface area contributed by atoms with Gasteiger partial charge in [-0.2, -0.15) is 0 Å². The lowest BCUT2D eigenvalue weighted by molar-refractivity contribution is -0.121. The van der Waals surface area contributed by atoms with E-state index in [1.165, 1.54) is 37.4 Å². The summed E-state index contributed by atoms with van der Waals surface area (Å²) < 4.78 is 11.1. The van der Waals surface area contributed by atoms with Crippen LogP contribution in [0.25, 0.3) is 11.5 Å². The van der Waals surface area contributed by atoms with Crippen LogP contribution in [0.5, 0.6) is 5.75 Å². The van der Waals surface area contributed by atoms with Gasteiger partial charge in [-0.25, -0.2) is 0 Å². The first-order valence-electron chi connectivity index (χ1n) is 9.99. The molecule has 1 N–H and O–H groups in total. The van der Waals surface area contributed by atoms with E-state index < -0.39 is 0 Å². The lowest BCUT2D eigenvalue weighted by atomic mass is 9.84. The van der Waals surface area contributed by atoms with Crippen molar-refractivity contribution in [2.75, 3.05) is 7.11 Å². The molecule has 2 saturated carbocycles. The molecule has 0 aliphatic heterocycles. The molecule has 2 fully saturated rings. The SMILES string of the molecule is COc1ccccc1-c1nnc(SC(C)C(=O)NC(C)C2CC3CCC2C3)o1. The quantitative estimate of drug-likeness (QED) is 0.702. The second-order valence-electron chi connectivity index (χ2n) is 7.97. The minimum Gasteiger partial charge on any atom is -0.496 e. The van der Waals surface area contributed by atoms with Gasteiger partial charge in [-0.15, -0.1) is 10.2 Å². The van der Waals surface area contributed by atoms with E-state index in [0.717, 1.165) is 17.4 Å². The van der Waals surface area contributed by atoms with Crippen LogP contribution >= 0.6 is 11.8 Å². The van der Waals surface area contributed by atoms with Crippen molar-refractivity contribution in [3.63, 3.8) is 0 Å². The average molecular weight is 402 g/mol. The molecule has 5 atom stereocenters. The Morgan fingerprint density at radius 2 is 2.07 bits per heavy atom. The van der Waals surface area contributed by atoms with Gasteiger partial charge in [0.15, 0.2) is 0 Å². The number of fused-ring (bicyclic) bond motifs is 2. The summed E-state index contributed by atoms with van der Waals surface area (Å²) in [5.74, 6) is 3.39. The van der Waals surface area contributed by atoms with Crippen LogP contribution in [-0.2, 0) is 4.79 Å². The summed E-state index contributed by atoms with van der Waals surface area (Å²) in [4.78, 5) is 12.7. The third-order valence-corrected chi connectivity index (χ3v) is 7.13. The second kappa shape index (κ2) is 8.15. The van der Waals surface area contributed by atoms with Crippen molar-refractivity contribution in [3.8, 4) is 17.2 Å². The normalized spacial score (nSPS) is 25.5. The zero-order chi connectivity index (χ0) is 19.7. The highest BCUT2D eigenvalue weighted by Crippen LogP contribution is 2.49. The minimum atomic E-state index is -0.299. The molecule has 1 heterocycles. The van der Waals surface area contributed by atoms with Crippen LogP contribution in [0.1, 0.15) is 39.5 Å². The third kappa shape index (κ3) is 3.90. The van der Waals surface area contributed by atoms with Crippen molar-refractivity contribution in [2.45, 2.75) is 56.0 Å². The van der Waals surface area contributed by atoms with E-state index in [2.05, 4.69) is 22.4 Å². The Balaban J connectivity index is 1.35. The molecule has 150 valence electrons. The Kier molecular flexibility index (Phi) is 5.62. The van der Waals surface area contributed by atoms with Gasteiger partial charge in [0.1, 0.15) is 5.75 Å². The molecule has 2 bridgehead atoms. The first kappa shape index (κ1) is 19.3. The molecule has 1 amide bonds. The number of carbonyl (C=O) groups excluding carboxylic acids is 1. The molecule has 1 aromatic heterocycles. The van der Waals surface area contributed by atoms with E-state index >= 15 is 0 Å². The van der Waals surface area contributed by atoms with Gasteiger partial charge in [0.05, 0.1) is 17.9 Å². The van der Waals surface area contributed by atoms with Gasteiger partial charge in [-0.1, -0.05) is 30.3 Å². The molecule has 0 saturated heterocycles. The van der Waals surface area contributed by atoms with Crippen LogP contribution in [0.15, 0.2) is 33.9 Å². The van der Waals surface area contributed by atoms with E-state index in [1.54, 1.807) is 7.11 Å². The van der Waals surface area contributed by atoms with Crippen molar-refractivity contribution in [3.05, 3.63) is 24.3 Å². The molecule has 28 heavy (non-hydrogen) atoms. The molecule has 1 aromatic carbocycles. The Morgan fingerprint density at radius 3 is 2.79 bits per heavy atom. The highest BCUT2D eigenvalue weighted by atomic mass is 32.2. The number of amides is 1. The van der Waals surface area contributed by atoms with Crippen LogP contribution in [0.4, 0.5) is 0 Å². The van der Waals surface area contributed by atoms with Crippen molar-refractivity contribution in [2.24, 2.45) is 17.8 Å². The van der Waals surface area contributed by atoms with Crippen LogP contribution in [0, 0.1) is 17.8 Å². The van der Waals surface area contributed by atoms with E-state index in [9.17, 15) is 4.79 Å². The largest absolute Gasteiger partial charge is 0.496 e. The van der Waals surface area contributed by atoms with Gasteiger partial charge in [-0.05, 0) is 63.0 Å². The number of methoxy groups -OCH3 is 1.